The van der Waals surface area contributed by atoms with Gasteiger partial charge in [0.25, 0.3) is 0 Å². The Balaban J connectivity index is 1.34. The first-order chi connectivity index (χ1) is 19.4. The number of likely N-dealkylation sites (tertiary alicyclic amines) is 1. The fourth-order valence-electron chi connectivity index (χ4n) is 5.56. The number of carbonyl (C=O) groups is 2. The van der Waals surface area contributed by atoms with E-state index in [4.69, 9.17) is 5.10 Å². The number of aromatic nitrogens is 2. The first-order valence-corrected chi connectivity index (χ1v) is 15.0. The summed E-state index contributed by atoms with van der Waals surface area (Å²) in [5.41, 5.74) is 4.52. The largest absolute Gasteiger partial charge is 0.342 e. The van der Waals surface area contributed by atoms with Gasteiger partial charge in [0.1, 0.15) is 5.82 Å². The van der Waals surface area contributed by atoms with Crippen molar-refractivity contribution in [3.8, 4) is 5.69 Å². The van der Waals surface area contributed by atoms with Gasteiger partial charge < -0.3 is 10.2 Å². The molecule has 2 N–H and O–H groups in total. The summed E-state index contributed by atoms with van der Waals surface area (Å²) in [6.45, 7) is 16.3. The number of hydrogen-bond acceptors (Lipinski definition) is 3. The van der Waals surface area contributed by atoms with Crippen molar-refractivity contribution in [3.63, 3.8) is 0 Å². The molecule has 3 amide bonds. The van der Waals surface area contributed by atoms with E-state index in [9.17, 15) is 9.59 Å². The molecule has 3 aromatic rings. The van der Waals surface area contributed by atoms with Crippen LogP contribution in [0.5, 0.6) is 0 Å². The minimum Gasteiger partial charge on any atom is -0.342 e. The van der Waals surface area contributed by atoms with Gasteiger partial charge in [-0.15, -0.1) is 0 Å². The average molecular weight is 558 g/mol. The molecule has 7 heteroatoms. The van der Waals surface area contributed by atoms with Crippen molar-refractivity contribution in [1.82, 2.24) is 14.7 Å². The number of aryl methyl sites for hydroxylation is 1. The molecule has 0 saturated carbocycles. The van der Waals surface area contributed by atoms with Crippen LogP contribution in [-0.4, -0.2) is 39.7 Å². The first kappa shape index (κ1) is 30.4. The van der Waals surface area contributed by atoms with E-state index in [-0.39, 0.29) is 16.9 Å². The molecule has 0 radical (unpaired) electrons. The third kappa shape index (κ3) is 7.78. The molecule has 0 aliphatic carbocycles. The molecule has 1 fully saturated rings. The maximum atomic E-state index is 13.0. The maximum absolute atomic E-state index is 13.0. The lowest BCUT2D eigenvalue weighted by molar-refractivity contribution is -0.142. The van der Waals surface area contributed by atoms with Crippen LogP contribution in [0.25, 0.3) is 5.69 Å². The van der Waals surface area contributed by atoms with Crippen molar-refractivity contribution in [2.45, 2.75) is 86.0 Å². The summed E-state index contributed by atoms with van der Waals surface area (Å²) in [7, 11) is 0. The molecule has 1 aliphatic heterocycles. The molecule has 4 rings (SSSR count). The molecular weight excluding hydrogens is 510 g/mol. The van der Waals surface area contributed by atoms with Gasteiger partial charge in [0.2, 0.25) is 5.91 Å². The van der Waals surface area contributed by atoms with Gasteiger partial charge in [0, 0.05) is 35.7 Å². The number of hydrogen-bond donors (Lipinski definition) is 2. The van der Waals surface area contributed by atoms with E-state index in [0.29, 0.717) is 17.6 Å². The first-order valence-electron chi connectivity index (χ1n) is 15.0. The minimum atomic E-state index is -0.311. The Hall–Kier alpha value is -3.61. The van der Waals surface area contributed by atoms with Gasteiger partial charge in [0.05, 0.1) is 11.4 Å². The second kappa shape index (κ2) is 12.5. The quantitative estimate of drug-likeness (QED) is 0.297. The van der Waals surface area contributed by atoms with Crippen LogP contribution in [0.2, 0.25) is 0 Å². The van der Waals surface area contributed by atoms with Crippen molar-refractivity contribution >= 4 is 23.4 Å². The second-order valence-corrected chi connectivity index (χ2v) is 13.3. The molecule has 7 nitrogen and oxygen atoms in total. The smallest absolute Gasteiger partial charge is 0.324 e. The van der Waals surface area contributed by atoms with E-state index in [1.54, 1.807) is 4.68 Å². The van der Waals surface area contributed by atoms with Gasteiger partial charge in [-0.1, -0.05) is 77.8 Å². The minimum absolute atomic E-state index is 0.156. The fraction of sp³-hybridized carbons (Fsp3) is 0.500. The van der Waals surface area contributed by atoms with Crippen molar-refractivity contribution < 1.29 is 9.59 Å². The topological polar surface area (TPSA) is 79.3 Å². The van der Waals surface area contributed by atoms with Crippen LogP contribution >= 0.6 is 0 Å². The normalized spacial score (nSPS) is 14.7. The molecule has 0 spiro atoms. The molecule has 0 bridgehead atoms. The number of nitrogens with one attached hydrogen (secondary N) is 2. The lowest BCUT2D eigenvalue weighted by atomic mass is 9.84. The summed E-state index contributed by atoms with van der Waals surface area (Å²) in [5, 5.41) is 10.8. The molecule has 2 heterocycles. The Morgan fingerprint density at radius 3 is 2.15 bits per heavy atom. The van der Waals surface area contributed by atoms with Crippen LogP contribution in [0.1, 0.15) is 84.0 Å². The Kier molecular flexibility index (Phi) is 9.25. The van der Waals surface area contributed by atoms with Crippen LogP contribution in [0, 0.1) is 18.3 Å². The number of piperidine rings is 1. The van der Waals surface area contributed by atoms with E-state index in [1.165, 1.54) is 11.1 Å². The molecule has 1 saturated heterocycles. The second-order valence-electron chi connectivity index (χ2n) is 13.3. The average Bonchev–Trinajstić information content (AvgIpc) is 3.34. The number of urea groups is 1. The van der Waals surface area contributed by atoms with Gasteiger partial charge in [-0.3, -0.25) is 10.1 Å². The van der Waals surface area contributed by atoms with E-state index in [2.05, 4.69) is 69.2 Å². The van der Waals surface area contributed by atoms with Gasteiger partial charge >= 0.3 is 6.03 Å². The lowest BCUT2D eigenvalue weighted by Gasteiger charge is -2.37. The predicted molar refractivity (Wildman–Crippen MR) is 168 cm³/mol. The number of nitrogens with zero attached hydrogens (tertiary/aromatic N) is 3. The van der Waals surface area contributed by atoms with Gasteiger partial charge in [-0.2, -0.15) is 5.10 Å². The SMILES string of the molecule is CCCC(C)(C)C(=O)N1CCC(Cc2ccc(NC(=O)Nc3cc(C(C)(C)C)nn3-c3ccc(C)cc3)cc2)CC1. The van der Waals surface area contributed by atoms with E-state index < -0.39 is 0 Å². The Morgan fingerprint density at radius 1 is 0.927 bits per heavy atom. The van der Waals surface area contributed by atoms with Crippen molar-refractivity contribution in [2.75, 3.05) is 23.7 Å². The summed E-state index contributed by atoms with van der Waals surface area (Å²) < 4.78 is 1.78. The molecule has 2 aromatic carbocycles. The number of anilines is 2. The number of amides is 3. The Labute approximate surface area is 245 Å². The molecule has 41 heavy (non-hydrogen) atoms. The van der Waals surface area contributed by atoms with Crippen LogP contribution in [0.4, 0.5) is 16.3 Å². The fourth-order valence-corrected chi connectivity index (χ4v) is 5.56. The number of rotatable bonds is 8. The van der Waals surface area contributed by atoms with E-state index in [0.717, 1.165) is 62.3 Å². The number of carbonyl (C=O) groups excluding carboxylic acids is 2. The Bertz CT molecular complexity index is 1320. The third-order valence-corrected chi connectivity index (χ3v) is 8.09. The summed E-state index contributed by atoms with van der Waals surface area (Å²) >= 11 is 0. The van der Waals surface area contributed by atoms with Crippen molar-refractivity contribution in [3.05, 3.63) is 71.4 Å². The van der Waals surface area contributed by atoms with Crippen LogP contribution in [0.3, 0.4) is 0 Å². The molecule has 220 valence electrons. The highest BCUT2D eigenvalue weighted by atomic mass is 16.2. The molecule has 0 atom stereocenters. The standard InChI is InChI=1S/C34H47N5O2/c1-8-19-34(6,7)31(40)38-20-17-26(18-21-38)22-25-11-13-27(14-12-25)35-32(41)36-30-23-29(33(3,4)5)37-39(30)28-15-9-24(2)10-16-28/h9-16,23,26H,8,17-22H2,1-7H3,(H2,35,36,41). The van der Waals surface area contributed by atoms with Gasteiger partial charge in [0.15, 0.2) is 0 Å². The van der Waals surface area contributed by atoms with Crippen molar-refractivity contribution in [1.29, 1.82) is 0 Å². The summed E-state index contributed by atoms with van der Waals surface area (Å²) in [6.07, 6.45) is 5.00. The van der Waals surface area contributed by atoms with Crippen LogP contribution < -0.4 is 10.6 Å². The molecule has 1 aliphatic rings. The number of benzene rings is 2. The van der Waals surface area contributed by atoms with E-state index >= 15 is 0 Å². The molecule has 0 unspecified atom stereocenters. The molecular formula is C34H47N5O2. The molecule has 1 aromatic heterocycles. The highest BCUT2D eigenvalue weighted by Crippen LogP contribution is 2.30. The summed E-state index contributed by atoms with van der Waals surface area (Å²) in [4.78, 5) is 28.0. The van der Waals surface area contributed by atoms with E-state index in [1.807, 2.05) is 49.4 Å². The monoisotopic (exact) mass is 557 g/mol. The zero-order valence-corrected chi connectivity index (χ0v) is 25.9. The predicted octanol–water partition coefficient (Wildman–Crippen LogP) is 7.73. The Morgan fingerprint density at radius 2 is 1.56 bits per heavy atom. The van der Waals surface area contributed by atoms with Gasteiger partial charge in [-0.25, -0.2) is 9.48 Å². The van der Waals surface area contributed by atoms with Crippen LogP contribution in [0.15, 0.2) is 54.6 Å². The summed E-state index contributed by atoms with van der Waals surface area (Å²) in [5.74, 6) is 1.48. The third-order valence-electron chi connectivity index (χ3n) is 8.09. The summed E-state index contributed by atoms with van der Waals surface area (Å²) in [6, 6.07) is 17.8. The van der Waals surface area contributed by atoms with Crippen LogP contribution in [-0.2, 0) is 16.6 Å². The van der Waals surface area contributed by atoms with Gasteiger partial charge in [-0.05, 0) is 68.4 Å². The lowest BCUT2D eigenvalue weighted by Crippen LogP contribution is -2.45. The maximum Gasteiger partial charge on any atom is 0.324 e. The highest BCUT2D eigenvalue weighted by molar-refractivity contribution is 5.99. The highest BCUT2D eigenvalue weighted by Gasteiger charge is 2.33. The zero-order valence-electron chi connectivity index (χ0n) is 25.9. The van der Waals surface area contributed by atoms with Crippen molar-refractivity contribution in [2.24, 2.45) is 11.3 Å². The zero-order chi connectivity index (χ0) is 29.8.